The number of rotatable bonds is 8. The summed E-state index contributed by atoms with van der Waals surface area (Å²) in [5.74, 6) is -1.15. The van der Waals surface area contributed by atoms with Gasteiger partial charge in [0.25, 0.3) is 0 Å². The number of hydrogen-bond acceptors (Lipinski definition) is 4. The molecule has 2 aromatic carbocycles. The van der Waals surface area contributed by atoms with Crippen molar-refractivity contribution < 1.29 is 14.0 Å². The molecule has 1 aliphatic rings. The molecule has 0 bridgehead atoms. The largest absolute Gasteiger partial charge is 0.300 e. The number of halogens is 1. The first-order valence-corrected chi connectivity index (χ1v) is 10.3. The molecule has 3 rings (SSSR count). The van der Waals surface area contributed by atoms with Crippen molar-refractivity contribution in [2.45, 2.75) is 26.8 Å². The third-order valence-electron chi connectivity index (χ3n) is 5.72. The lowest BCUT2D eigenvalue weighted by atomic mass is 9.92. The molecular weight excluding hydrogens is 367 g/mol. The van der Waals surface area contributed by atoms with Gasteiger partial charge in [0.05, 0.1) is 0 Å². The van der Waals surface area contributed by atoms with Crippen LogP contribution in [0.5, 0.6) is 0 Å². The molecule has 4 nitrogen and oxygen atoms in total. The molecule has 0 amide bonds. The molecule has 1 atom stereocenters. The molecule has 2 aromatic rings. The number of piperazine rings is 1. The summed E-state index contributed by atoms with van der Waals surface area (Å²) in [6.07, 6.45) is 0.653. The van der Waals surface area contributed by atoms with Gasteiger partial charge in [-0.2, -0.15) is 0 Å². The van der Waals surface area contributed by atoms with E-state index in [0.717, 1.165) is 43.9 Å². The highest BCUT2D eigenvalue weighted by Gasteiger charge is 2.28. The van der Waals surface area contributed by atoms with Crippen LogP contribution in [0, 0.1) is 18.7 Å². The molecule has 1 aliphatic heterocycles. The average Bonchev–Trinajstić information content (AvgIpc) is 2.72. The van der Waals surface area contributed by atoms with Gasteiger partial charge >= 0.3 is 0 Å². The fraction of sp³-hybridized carbons (Fsp3) is 0.417. The van der Waals surface area contributed by atoms with E-state index in [9.17, 15) is 14.0 Å². The molecule has 1 fully saturated rings. The monoisotopic (exact) mass is 396 g/mol. The Hall–Kier alpha value is -2.37. The smallest absolute Gasteiger partial charge is 0.229 e. The topological polar surface area (TPSA) is 40.6 Å². The van der Waals surface area contributed by atoms with Gasteiger partial charge in [-0.25, -0.2) is 4.39 Å². The Labute approximate surface area is 172 Å². The summed E-state index contributed by atoms with van der Waals surface area (Å²) >= 11 is 0. The molecule has 1 unspecified atom stereocenters. The van der Waals surface area contributed by atoms with Crippen LogP contribution in [-0.2, 0) is 11.3 Å². The molecule has 0 aromatic heterocycles. The molecule has 0 spiro atoms. The lowest BCUT2D eigenvalue weighted by molar-refractivity contribution is -0.119. The molecule has 5 heteroatoms. The fourth-order valence-electron chi connectivity index (χ4n) is 3.88. The van der Waals surface area contributed by atoms with Gasteiger partial charge in [-0.3, -0.25) is 14.5 Å². The van der Waals surface area contributed by atoms with Gasteiger partial charge in [0, 0.05) is 50.7 Å². The van der Waals surface area contributed by atoms with Crippen LogP contribution >= 0.6 is 0 Å². The molecular formula is C24H29FN2O2. The van der Waals surface area contributed by atoms with Crippen molar-refractivity contribution in [1.82, 2.24) is 9.80 Å². The minimum Gasteiger partial charge on any atom is -0.300 e. The van der Waals surface area contributed by atoms with Crippen LogP contribution in [0.1, 0.15) is 34.8 Å². The van der Waals surface area contributed by atoms with E-state index in [4.69, 9.17) is 0 Å². The van der Waals surface area contributed by atoms with Crippen molar-refractivity contribution in [3.8, 4) is 0 Å². The molecule has 1 heterocycles. The number of carbonyl (C=O) groups excluding carboxylic acids is 2. The number of benzene rings is 2. The number of hydrogen-bond donors (Lipinski definition) is 0. The van der Waals surface area contributed by atoms with Crippen LogP contribution in [0.2, 0.25) is 0 Å². The van der Waals surface area contributed by atoms with Crippen LogP contribution in [-0.4, -0.2) is 54.1 Å². The van der Waals surface area contributed by atoms with E-state index < -0.39 is 0 Å². The van der Waals surface area contributed by atoms with E-state index in [2.05, 4.69) is 9.80 Å². The van der Waals surface area contributed by atoms with E-state index in [1.807, 2.05) is 32.0 Å². The summed E-state index contributed by atoms with van der Waals surface area (Å²) in [4.78, 5) is 30.1. The predicted octanol–water partition coefficient (Wildman–Crippen LogP) is 3.73. The van der Waals surface area contributed by atoms with Crippen molar-refractivity contribution in [3.63, 3.8) is 0 Å². The van der Waals surface area contributed by atoms with Crippen LogP contribution in [0.4, 0.5) is 4.39 Å². The van der Waals surface area contributed by atoms with E-state index in [1.165, 1.54) is 6.07 Å². The van der Waals surface area contributed by atoms with E-state index >= 15 is 0 Å². The summed E-state index contributed by atoms with van der Waals surface area (Å²) in [7, 11) is 0. The number of carbonyl (C=O) groups is 2. The zero-order chi connectivity index (χ0) is 20.8. The molecule has 0 saturated carbocycles. The van der Waals surface area contributed by atoms with Gasteiger partial charge in [-0.1, -0.05) is 43.3 Å². The summed E-state index contributed by atoms with van der Waals surface area (Å²) in [5.41, 5.74) is 2.33. The van der Waals surface area contributed by atoms with Crippen molar-refractivity contribution in [2.24, 2.45) is 5.92 Å². The number of ketones is 2. The van der Waals surface area contributed by atoms with E-state index in [1.54, 1.807) is 24.3 Å². The fourth-order valence-corrected chi connectivity index (χ4v) is 3.88. The van der Waals surface area contributed by atoms with Crippen LogP contribution in [0.25, 0.3) is 0 Å². The predicted molar refractivity (Wildman–Crippen MR) is 112 cm³/mol. The Balaban J connectivity index is 1.53. The van der Waals surface area contributed by atoms with Gasteiger partial charge in [0.2, 0.25) is 11.6 Å². The Bertz CT molecular complexity index is 859. The highest BCUT2D eigenvalue weighted by Crippen LogP contribution is 2.16. The average molecular weight is 397 g/mol. The number of Topliss-reactive ketones (excluding diaryl/α,β-unsaturated/α-hetero) is 2. The van der Waals surface area contributed by atoms with Gasteiger partial charge in [0.1, 0.15) is 5.82 Å². The molecule has 154 valence electrons. The normalized spacial score (nSPS) is 16.5. The Morgan fingerprint density at radius 1 is 1.00 bits per heavy atom. The second kappa shape index (κ2) is 9.90. The minimum absolute atomic E-state index is 0.205. The van der Waals surface area contributed by atoms with E-state index in [-0.39, 0.29) is 23.3 Å². The third-order valence-corrected chi connectivity index (χ3v) is 5.72. The van der Waals surface area contributed by atoms with E-state index in [0.29, 0.717) is 18.5 Å². The maximum absolute atomic E-state index is 13.4. The third kappa shape index (κ3) is 5.58. The van der Waals surface area contributed by atoms with Crippen molar-refractivity contribution in [3.05, 3.63) is 71.0 Å². The van der Waals surface area contributed by atoms with Gasteiger partial charge in [-0.05, 0) is 36.6 Å². The molecule has 0 N–H and O–H groups in total. The second-order valence-electron chi connectivity index (χ2n) is 7.82. The van der Waals surface area contributed by atoms with Crippen LogP contribution in [0.15, 0.2) is 48.5 Å². The van der Waals surface area contributed by atoms with Gasteiger partial charge < -0.3 is 4.90 Å². The zero-order valence-electron chi connectivity index (χ0n) is 17.2. The van der Waals surface area contributed by atoms with Crippen molar-refractivity contribution in [2.75, 3.05) is 32.7 Å². The van der Waals surface area contributed by atoms with Crippen molar-refractivity contribution in [1.29, 1.82) is 0 Å². The number of nitrogens with zero attached hydrogens (tertiary/aromatic N) is 2. The SMILES string of the molecule is CCC(CN1CCN(Cc2cccc(F)c2)CC1)C(=O)C(=O)c1ccccc1C. The Kier molecular flexibility index (Phi) is 7.29. The summed E-state index contributed by atoms with van der Waals surface area (Å²) in [6.45, 7) is 8.59. The molecule has 1 saturated heterocycles. The highest BCUT2D eigenvalue weighted by atomic mass is 19.1. The highest BCUT2D eigenvalue weighted by molar-refractivity contribution is 6.44. The first kappa shape index (κ1) is 21.3. The zero-order valence-corrected chi connectivity index (χ0v) is 17.2. The number of aryl methyl sites for hydroxylation is 1. The molecule has 0 aliphatic carbocycles. The van der Waals surface area contributed by atoms with Crippen molar-refractivity contribution >= 4 is 11.6 Å². The first-order valence-electron chi connectivity index (χ1n) is 10.3. The first-order chi connectivity index (χ1) is 14.0. The molecule has 0 radical (unpaired) electrons. The van der Waals surface area contributed by atoms with Crippen LogP contribution < -0.4 is 0 Å². The van der Waals surface area contributed by atoms with Gasteiger partial charge in [0.15, 0.2) is 0 Å². The summed E-state index contributed by atoms with van der Waals surface area (Å²) in [5, 5.41) is 0. The van der Waals surface area contributed by atoms with Gasteiger partial charge in [-0.15, -0.1) is 0 Å². The maximum Gasteiger partial charge on any atom is 0.229 e. The summed E-state index contributed by atoms with van der Waals surface area (Å²) in [6, 6.07) is 14.0. The Morgan fingerprint density at radius 2 is 1.69 bits per heavy atom. The second-order valence-corrected chi connectivity index (χ2v) is 7.82. The lowest BCUT2D eigenvalue weighted by Crippen LogP contribution is -2.48. The lowest BCUT2D eigenvalue weighted by Gasteiger charge is -2.36. The minimum atomic E-state index is -0.375. The standard InChI is InChI=1S/C24H29FN2O2/c1-3-20(23(28)24(29)22-10-5-4-7-18(22)2)17-27-13-11-26(12-14-27)16-19-8-6-9-21(25)15-19/h4-10,15,20H,3,11-14,16-17H2,1-2H3. The van der Waals surface area contributed by atoms with Crippen LogP contribution in [0.3, 0.4) is 0 Å². The quantitative estimate of drug-likeness (QED) is 0.504. The summed E-state index contributed by atoms with van der Waals surface area (Å²) < 4.78 is 13.4. The molecule has 29 heavy (non-hydrogen) atoms. The maximum atomic E-state index is 13.4. The Morgan fingerprint density at radius 3 is 2.34 bits per heavy atom.